The molecule has 0 saturated carbocycles. The van der Waals surface area contributed by atoms with E-state index in [2.05, 4.69) is 0 Å². The molecule has 0 saturated heterocycles. The van der Waals surface area contributed by atoms with Crippen LogP contribution in [-0.4, -0.2) is 12.4 Å². The summed E-state index contributed by atoms with van der Waals surface area (Å²) in [4.78, 5) is 11.3. The van der Waals surface area contributed by atoms with Gasteiger partial charge < -0.3 is 0 Å². The first-order chi connectivity index (χ1) is 9.62. The van der Waals surface area contributed by atoms with E-state index in [4.69, 9.17) is 0 Å². The largest absolute Gasteiger partial charge is 0.417 e. The Bertz CT molecular complexity index is 821. The Balaban J connectivity index is 2.65. The van der Waals surface area contributed by atoms with Crippen molar-refractivity contribution in [2.45, 2.75) is 18.0 Å². The van der Waals surface area contributed by atoms with Crippen molar-refractivity contribution in [3.63, 3.8) is 0 Å². The maximum Gasteiger partial charge on any atom is 0.417 e. The molecule has 0 N–H and O–H groups in total. The monoisotopic (exact) mass is 317 g/mol. The molecule has 0 fully saturated rings. The van der Waals surface area contributed by atoms with Crippen LogP contribution in [0.25, 0.3) is 0 Å². The molecule has 21 heavy (non-hydrogen) atoms. The van der Waals surface area contributed by atoms with Crippen LogP contribution >= 0.6 is 0 Å². The number of hydrogen-bond donors (Lipinski definition) is 0. The highest BCUT2D eigenvalue weighted by Gasteiger charge is 2.32. The van der Waals surface area contributed by atoms with E-state index in [1.165, 1.54) is 24.3 Å². The summed E-state index contributed by atoms with van der Waals surface area (Å²) >= 11 is 0. The average molecular weight is 317 g/mol. The Kier molecular flexibility index (Phi) is 3.66. The average Bonchev–Trinajstić information content (AvgIpc) is 2.38. The van der Waals surface area contributed by atoms with Crippen LogP contribution in [0.1, 0.15) is 11.1 Å². The van der Waals surface area contributed by atoms with Crippen molar-refractivity contribution in [1.29, 1.82) is 0 Å². The fraction of sp³-hybridized carbons (Fsp3) is 0.154. The Hall–Kier alpha value is -2.09. The van der Waals surface area contributed by atoms with Crippen molar-refractivity contribution < 1.29 is 21.6 Å². The first-order valence-electron chi connectivity index (χ1n) is 5.74. The van der Waals surface area contributed by atoms with E-state index in [-0.39, 0.29) is 15.1 Å². The highest BCUT2D eigenvalue weighted by molar-refractivity contribution is 7.90. The second-order valence-electron chi connectivity index (χ2n) is 4.37. The van der Waals surface area contributed by atoms with Gasteiger partial charge in [-0.05, 0) is 25.1 Å². The Morgan fingerprint density at radius 1 is 1.00 bits per heavy atom. The van der Waals surface area contributed by atoms with Crippen LogP contribution in [0, 0.1) is 6.92 Å². The van der Waals surface area contributed by atoms with E-state index in [0.717, 1.165) is 5.56 Å². The van der Waals surface area contributed by atoms with Gasteiger partial charge in [-0.2, -0.15) is 13.2 Å². The number of halogens is 3. The summed E-state index contributed by atoms with van der Waals surface area (Å²) in [5.41, 5.74) is -1.48. The molecule has 1 aromatic carbocycles. The lowest BCUT2D eigenvalue weighted by Crippen LogP contribution is -2.28. The van der Waals surface area contributed by atoms with Gasteiger partial charge in [0.1, 0.15) is 0 Å². The molecule has 8 heteroatoms. The number of nitrogens with zero attached hydrogens (tertiary/aromatic N) is 1. The summed E-state index contributed by atoms with van der Waals surface area (Å²) in [6.07, 6.45) is -4.45. The number of aryl methyl sites for hydroxylation is 1. The maximum atomic E-state index is 12.6. The zero-order valence-corrected chi connectivity index (χ0v) is 11.6. The number of pyridine rings is 1. The predicted octanol–water partition coefficient (Wildman–Crippen LogP) is 2.41. The van der Waals surface area contributed by atoms with Gasteiger partial charge in [-0.25, -0.2) is 12.4 Å². The summed E-state index contributed by atoms with van der Waals surface area (Å²) < 4.78 is 62.5. The minimum absolute atomic E-state index is 0.0977. The molecule has 112 valence electrons. The van der Waals surface area contributed by atoms with Crippen LogP contribution in [0.15, 0.2) is 52.3 Å². The van der Waals surface area contributed by atoms with E-state index in [1.54, 1.807) is 6.92 Å². The molecule has 1 heterocycles. The van der Waals surface area contributed by atoms with Crippen LogP contribution in [0.2, 0.25) is 0 Å². The molecule has 1 aromatic heterocycles. The summed E-state index contributed by atoms with van der Waals surface area (Å²) in [6, 6.07) is 6.57. The summed E-state index contributed by atoms with van der Waals surface area (Å²) in [7, 11) is -4.37. The van der Waals surface area contributed by atoms with E-state index in [9.17, 15) is 26.4 Å². The summed E-state index contributed by atoms with van der Waals surface area (Å²) in [5, 5.41) is 0. The van der Waals surface area contributed by atoms with Crippen LogP contribution in [0.5, 0.6) is 0 Å². The number of alkyl halides is 3. The van der Waals surface area contributed by atoms with E-state index >= 15 is 0 Å². The van der Waals surface area contributed by atoms with Gasteiger partial charge in [0.05, 0.1) is 10.5 Å². The first-order valence-corrected chi connectivity index (χ1v) is 7.18. The van der Waals surface area contributed by atoms with Gasteiger partial charge in [0, 0.05) is 12.3 Å². The molecule has 0 unspecified atom stereocenters. The van der Waals surface area contributed by atoms with Crippen molar-refractivity contribution in [2.24, 2.45) is 0 Å². The first kappa shape index (κ1) is 15.3. The lowest BCUT2D eigenvalue weighted by molar-refractivity contribution is -0.137. The number of aromatic nitrogens is 1. The SMILES string of the molecule is Cc1ccc(S(=O)(=O)n2cc(C(F)(F)F)ccc2=O)cc1. The lowest BCUT2D eigenvalue weighted by Gasteiger charge is -2.11. The highest BCUT2D eigenvalue weighted by Crippen LogP contribution is 2.28. The topological polar surface area (TPSA) is 56.1 Å². The fourth-order valence-corrected chi connectivity index (χ4v) is 2.90. The minimum Gasteiger partial charge on any atom is -0.268 e. The third-order valence-corrected chi connectivity index (χ3v) is 4.46. The van der Waals surface area contributed by atoms with Crippen molar-refractivity contribution in [1.82, 2.24) is 3.97 Å². The molecular weight excluding hydrogens is 307 g/mol. The third kappa shape index (κ3) is 2.99. The maximum absolute atomic E-state index is 12.6. The molecule has 0 atom stereocenters. The van der Waals surface area contributed by atoms with Crippen LogP contribution in [-0.2, 0) is 16.2 Å². The zero-order chi connectivity index (χ0) is 15.8. The second kappa shape index (κ2) is 5.03. The smallest absolute Gasteiger partial charge is 0.268 e. The molecule has 4 nitrogen and oxygen atoms in total. The molecule has 0 aliphatic rings. The standard InChI is InChI=1S/C13H10F3NO3S/c1-9-2-5-11(6-3-9)21(19,20)17-8-10(13(14,15)16)4-7-12(17)18/h2-8H,1H3. The Morgan fingerprint density at radius 2 is 1.57 bits per heavy atom. The number of rotatable bonds is 2. The molecule has 0 amide bonds. The molecule has 2 aromatic rings. The Morgan fingerprint density at radius 3 is 2.10 bits per heavy atom. The predicted molar refractivity (Wildman–Crippen MR) is 69.5 cm³/mol. The molecule has 0 aliphatic carbocycles. The molecule has 0 spiro atoms. The summed E-state index contributed by atoms with van der Waals surface area (Å²) in [6.45, 7) is 1.73. The molecule has 0 aliphatic heterocycles. The molecule has 0 radical (unpaired) electrons. The van der Waals surface area contributed by atoms with Gasteiger partial charge in [0.15, 0.2) is 0 Å². The van der Waals surface area contributed by atoms with E-state index in [0.29, 0.717) is 12.1 Å². The van der Waals surface area contributed by atoms with Crippen molar-refractivity contribution >= 4 is 10.0 Å². The fourth-order valence-electron chi connectivity index (χ4n) is 1.65. The zero-order valence-electron chi connectivity index (χ0n) is 10.8. The highest BCUT2D eigenvalue weighted by atomic mass is 32.2. The molecular formula is C13H10F3NO3S. The van der Waals surface area contributed by atoms with Crippen molar-refractivity contribution in [2.75, 3.05) is 0 Å². The van der Waals surface area contributed by atoms with Crippen LogP contribution in [0.4, 0.5) is 13.2 Å². The Labute approximate surface area is 118 Å². The quantitative estimate of drug-likeness (QED) is 0.855. The molecule has 2 rings (SSSR count). The van der Waals surface area contributed by atoms with E-state index < -0.39 is 27.3 Å². The van der Waals surface area contributed by atoms with Gasteiger partial charge in [0.25, 0.3) is 15.6 Å². The van der Waals surface area contributed by atoms with Crippen LogP contribution in [0.3, 0.4) is 0 Å². The van der Waals surface area contributed by atoms with Gasteiger partial charge in [-0.15, -0.1) is 0 Å². The minimum atomic E-state index is -4.74. The number of hydrogen-bond acceptors (Lipinski definition) is 3. The van der Waals surface area contributed by atoms with Crippen molar-refractivity contribution in [3.8, 4) is 0 Å². The van der Waals surface area contributed by atoms with Crippen LogP contribution < -0.4 is 5.56 Å². The number of benzene rings is 1. The normalized spacial score (nSPS) is 12.4. The van der Waals surface area contributed by atoms with Gasteiger partial charge >= 0.3 is 6.18 Å². The van der Waals surface area contributed by atoms with Gasteiger partial charge in [0.2, 0.25) is 0 Å². The lowest BCUT2D eigenvalue weighted by atomic mass is 10.2. The van der Waals surface area contributed by atoms with Crippen molar-refractivity contribution in [3.05, 3.63) is 64.1 Å². The van der Waals surface area contributed by atoms with E-state index in [1.807, 2.05) is 0 Å². The molecule has 0 bridgehead atoms. The van der Waals surface area contributed by atoms with Gasteiger partial charge in [-0.1, -0.05) is 17.7 Å². The summed E-state index contributed by atoms with van der Waals surface area (Å²) in [5.74, 6) is 0. The van der Waals surface area contributed by atoms with Gasteiger partial charge in [-0.3, -0.25) is 4.79 Å². The third-order valence-electron chi connectivity index (χ3n) is 2.78. The second-order valence-corrected chi connectivity index (χ2v) is 6.18.